The summed E-state index contributed by atoms with van der Waals surface area (Å²) in [6.07, 6.45) is 3.96. The van der Waals surface area contributed by atoms with Crippen LogP contribution in [0.3, 0.4) is 0 Å². The number of rotatable bonds is 1. The summed E-state index contributed by atoms with van der Waals surface area (Å²) in [5.74, 6) is 0. The van der Waals surface area contributed by atoms with Crippen molar-refractivity contribution < 1.29 is 0 Å². The molecule has 0 bridgehead atoms. The molecule has 1 aliphatic rings. The van der Waals surface area contributed by atoms with E-state index < -0.39 is 0 Å². The molecule has 2 heteroatoms. The summed E-state index contributed by atoms with van der Waals surface area (Å²) in [6, 6.07) is 16.9. The van der Waals surface area contributed by atoms with Gasteiger partial charge in [-0.3, -0.25) is 4.98 Å². The van der Waals surface area contributed by atoms with Gasteiger partial charge in [-0.2, -0.15) is 0 Å². The highest BCUT2D eigenvalue weighted by molar-refractivity contribution is 5.71. The van der Waals surface area contributed by atoms with Gasteiger partial charge in [0.15, 0.2) is 0 Å². The van der Waals surface area contributed by atoms with E-state index in [9.17, 15) is 0 Å². The minimum absolute atomic E-state index is 1.03. The standard InChI is InChI=1S/C19H16N2/c1-13-5-2-3-7-16(13)17-11-10-15-9-8-14-6-4-12-20-18(14)19(15)21-17/h2-7,10-12H,8-9H2,1H3. The van der Waals surface area contributed by atoms with Crippen LogP contribution in [0.5, 0.6) is 0 Å². The fourth-order valence-electron chi connectivity index (χ4n) is 3.03. The molecule has 0 unspecified atom stereocenters. The lowest BCUT2D eigenvalue weighted by Gasteiger charge is -2.18. The molecule has 2 nitrogen and oxygen atoms in total. The predicted octanol–water partition coefficient (Wildman–Crippen LogP) is 4.22. The molecule has 21 heavy (non-hydrogen) atoms. The molecule has 1 aliphatic carbocycles. The van der Waals surface area contributed by atoms with Crippen molar-refractivity contribution in [3.63, 3.8) is 0 Å². The van der Waals surface area contributed by atoms with Crippen molar-refractivity contribution in [2.24, 2.45) is 0 Å². The van der Waals surface area contributed by atoms with Crippen LogP contribution in [0.2, 0.25) is 0 Å². The normalized spacial score (nSPS) is 12.6. The van der Waals surface area contributed by atoms with E-state index in [0.29, 0.717) is 0 Å². The number of aromatic nitrogens is 2. The Labute approximate surface area is 124 Å². The summed E-state index contributed by atoms with van der Waals surface area (Å²) in [6.45, 7) is 2.13. The van der Waals surface area contributed by atoms with Crippen LogP contribution in [0.25, 0.3) is 22.6 Å². The number of hydrogen-bond donors (Lipinski definition) is 0. The van der Waals surface area contributed by atoms with E-state index in [4.69, 9.17) is 4.98 Å². The lowest BCUT2D eigenvalue weighted by atomic mass is 9.92. The van der Waals surface area contributed by atoms with E-state index in [0.717, 1.165) is 29.9 Å². The van der Waals surface area contributed by atoms with Gasteiger partial charge in [-0.1, -0.05) is 36.4 Å². The Hall–Kier alpha value is -2.48. The highest BCUT2D eigenvalue weighted by atomic mass is 14.8. The van der Waals surface area contributed by atoms with Crippen molar-refractivity contribution in [2.45, 2.75) is 19.8 Å². The third-order valence-electron chi connectivity index (χ3n) is 4.18. The first-order chi connectivity index (χ1) is 10.3. The molecule has 0 spiro atoms. The molecule has 0 fully saturated rings. The second kappa shape index (κ2) is 4.81. The Morgan fingerprint density at radius 2 is 1.62 bits per heavy atom. The Morgan fingerprint density at radius 3 is 2.48 bits per heavy atom. The van der Waals surface area contributed by atoms with Gasteiger partial charge in [0.25, 0.3) is 0 Å². The Bertz CT molecular complexity index is 821. The second-order valence-corrected chi connectivity index (χ2v) is 5.53. The fraction of sp³-hybridized carbons (Fsp3) is 0.158. The molecule has 0 saturated heterocycles. The number of hydrogen-bond acceptors (Lipinski definition) is 2. The minimum Gasteiger partial charge on any atom is -0.254 e. The molecule has 0 atom stereocenters. The van der Waals surface area contributed by atoms with Gasteiger partial charge in [0.1, 0.15) is 0 Å². The van der Waals surface area contributed by atoms with Crippen LogP contribution >= 0.6 is 0 Å². The maximum absolute atomic E-state index is 4.92. The van der Waals surface area contributed by atoms with Crippen molar-refractivity contribution in [3.8, 4) is 22.6 Å². The van der Waals surface area contributed by atoms with E-state index >= 15 is 0 Å². The molecule has 0 aliphatic heterocycles. The zero-order chi connectivity index (χ0) is 14.2. The number of nitrogens with zero attached hydrogens (tertiary/aromatic N) is 2. The van der Waals surface area contributed by atoms with Gasteiger partial charge in [0, 0.05) is 11.8 Å². The third-order valence-corrected chi connectivity index (χ3v) is 4.18. The summed E-state index contributed by atoms with van der Waals surface area (Å²) in [5.41, 5.74) is 8.19. The number of fused-ring (bicyclic) bond motifs is 3. The molecule has 1 aromatic carbocycles. The van der Waals surface area contributed by atoms with Crippen LogP contribution in [0, 0.1) is 6.92 Å². The lowest BCUT2D eigenvalue weighted by Crippen LogP contribution is -2.07. The van der Waals surface area contributed by atoms with Gasteiger partial charge >= 0.3 is 0 Å². The number of aryl methyl sites for hydroxylation is 3. The van der Waals surface area contributed by atoms with E-state index in [1.165, 1.54) is 22.3 Å². The first-order valence-electron chi connectivity index (χ1n) is 7.33. The fourth-order valence-corrected chi connectivity index (χ4v) is 3.03. The maximum atomic E-state index is 4.92. The van der Waals surface area contributed by atoms with E-state index in [1.54, 1.807) is 0 Å². The summed E-state index contributed by atoms with van der Waals surface area (Å²) in [7, 11) is 0. The molecule has 0 N–H and O–H groups in total. The lowest BCUT2D eigenvalue weighted by molar-refractivity contribution is 0.913. The van der Waals surface area contributed by atoms with Gasteiger partial charge < -0.3 is 0 Å². The molecule has 102 valence electrons. The summed E-state index contributed by atoms with van der Waals surface area (Å²) >= 11 is 0. The van der Waals surface area contributed by atoms with E-state index in [-0.39, 0.29) is 0 Å². The molecule has 0 radical (unpaired) electrons. The highest BCUT2D eigenvalue weighted by Crippen LogP contribution is 2.32. The molecule has 0 amide bonds. The van der Waals surface area contributed by atoms with Crippen LogP contribution in [-0.2, 0) is 12.8 Å². The zero-order valence-electron chi connectivity index (χ0n) is 12.0. The van der Waals surface area contributed by atoms with Crippen LogP contribution in [0.1, 0.15) is 16.7 Å². The Balaban J connectivity index is 1.91. The topological polar surface area (TPSA) is 25.8 Å². The first kappa shape index (κ1) is 12.3. The van der Waals surface area contributed by atoms with Crippen molar-refractivity contribution in [1.82, 2.24) is 9.97 Å². The van der Waals surface area contributed by atoms with E-state index in [1.807, 2.05) is 12.3 Å². The SMILES string of the molecule is Cc1ccccc1-c1ccc2c(n1)-c1ncccc1CC2. The molecular weight excluding hydrogens is 256 g/mol. The van der Waals surface area contributed by atoms with Gasteiger partial charge in [-0.15, -0.1) is 0 Å². The van der Waals surface area contributed by atoms with Crippen molar-refractivity contribution in [2.75, 3.05) is 0 Å². The smallest absolute Gasteiger partial charge is 0.0928 e. The van der Waals surface area contributed by atoms with Crippen LogP contribution in [0.4, 0.5) is 0 Å². The monoisotopic (exact) mass is 272 g/mol. The van der Waals surface area contributed by atoms with Gasteiger partial charge in [-0.25, -0.2) is 4.98 Å². The zero-order valence-corrected chi connectivity index (χ0v) is 12.0. The summed E-state index contributed by atoms with van der Waals surface area (Å²) in [5, 5.41) is 0. The van der Waals surface area contributed by atoms with Gasteiger partial charge in [0.2, 0.25) is 0 Å². The molecule has 3 aromatic rings. The average Bonchev–Trinajstić information content (AvgIpc) is 2.55. The first-order valence-corrected chi connectivity index (χ1v) is 7.33. The number of benzene rings is 1. The molecule has 0 saturated carbocycles. The second-order valence-electron chi connectivity index (χ2n) is 5.53. The molecule has 4 rings (SSSR count). The van der Waals surface area contributed by atoms with E-state index in [2.05, 4.69) is 54.4 Å². The van der Waals surface area contributed by atoms with Crippen LogP contribution < -0.4 is 0 Å². The van der Waals surface area contributed by atoms with Crippen molar-refractivity contribution in [3.05, 3.63) is 71.4 Å². The molecule has 2 aromatic heterocycles. The van der Waals surface area contributed by atoms with Crippen molar-refractivity contribution in [1.29, 1.82) is 0 Å². The summed E-state index contributed by atoms with van der Waals surface area (Å²) < 4.78 is 0. The van der Waals surface area contributed by atoms with Gasteiger partial charge in [-0.05, 0) is 48.6 Å². The molecule has 2 heterocycles. The van der Waals surface area contributed by atoms with Crippen LogP contribution in [-0.4, -0.2) is 9.97 Å². The quantitative estimate of drug-likeness (QED) is 0.663. The third kappa shape index (κ3) is 2.04. The maximum Gasteiger partial charge on any atom is 0.0928 e. The summed E-state index contributed by atoms with van der Waals surface area (Å²) in [4.78, 5) is 9.48. The largest absolute Gasteiger partial charge is 0.254 e. The average molecular weight is 272 g/mol. The van der Waals surface area contributed by atoms with Crippen LogP contribution in [0.15, 0.2) is 54.7 Å². The minimum atomic E-state index is 1.03. The van der Waals surface area contributed by atoms with Crippen molar-refractivity contribution >= 4 is 0 Å². The van der Waals surface area contributed by atoms with Gasteiger partial charge in [0.05, 0.1) is 17.1 Å². The Kier molecular flexibility index (Phi) is 2.81. The highest BCUT2D eigenvalue weighted by Gasteiger charge is 2.19. The Morgan fingerprint density at radius 1 is 0.810 bits per heavy atom. The number of pyridine rings is 2. The predicted molar refractivity (Wildman–Crippen MR) is 85.0 cm³/mol. The molecular formula is C19H16N2.